The molecule has 0 radical (unpaired) electrons. The minimum Gasteiger partial charge on any atom is -0.303 e. The third-order valence-electron chi connectivity index (χ3n) is 2.18. The molecule has 3 nitrogen and oxygen atoms in total. The number of carbonyl (C=O) groups excluding carboxylic acids is 1. The van der Waals surface area contributed by atoms with E-state index < -0.39 is 0 Å². The summed E-state index contributed by atoms with van der Waals surface area (Å²) in [5.74, 6) is 0.0735. The molecule has 0 atom stereocenters. The lowest BCUT2D eigenvalue weighted by Crippen LogP contribution is -2.22. The predicted molar refractivity (Wildman–Crippen MR) is 45.5 cm³/mol. The third-order valence-corrected chi connectivity index (χ3v) is 2.18. The molecule has 1 heterocycles. The van der Waals surface area contributed by atoms with Crippen LogP contribution in [0.5, 0.6) is 0 Å². The number of rotatable bonds is 4. The van der Waals surface area contributed by atoms with Crippen LogP contribution in [0.15, 0.2) is 0 Å². The molecule has 1 aliphatic heterocycles. The first-order chi connectivity index (χ1) is 5.83. The topological polar surface area (TPSA) is 44.1 Å². The zero-order valence-corrected chi connectivity index (χ0v) is 7.25. The van der Waals surface area contributed by atoms with E-state index in [0.29, 0.717) is 6.42 Å². The van der Waals surface area contributed by atoms with Crippen molar-refractivity contribution in [3.05, 3.63) is 0 Å². The SMILES string of the molecule is N#CCC(=O)CCN1CCCC1. The summed E-state index contributed by atoms with van der Waals surface area (Å²) >= 11 is 0. The first kappa shape index (κ1) is 9.21. The number of likely N-dealkylation sites (tertiary alicyclic amines) is 1. The highest BCUT2D eigenvalue weighted by molar-refractivity contribution is 5.80. The van der Waals surface area contributed by atoms with E-state index in [9.17, 15) is 4.79 Å². The van der Waals surface area contributed by atoms with Crippen LogP contribution >= 0.6 is 0 Å². The fourth-order valence-electron chi connectivity index (χ4n) is 1.47. The Balaban J connectivity index is 2.08. The maximum atomic E-state index is 11.0. The van der Waals surface area contributed by atoms with E-state index in [-0.39, 0.29) is 12.2 Å². The lowest BCUT2D eigenvalue weighted by Gasteiger charge is -2.12. The van der Waals surface area contributed by atoms with Crippen LogP contribution in [0, 0.1) is 11.3 Å². The Morgan fingerprint density at radius 3 is 2.67 bits per heavy atom. The van der Waals surface area contributed by atoms with Gasteiger partial charge in [-0.05, 0) is 25.9 Å². The molecule has 1 rings (SSSR count). The lowest BCUT2D eigenvalue weighted by atomic mass is 10.2. The second-order valence-corrected chi connectivity index (χ2v) is 3.17. The van der Waals surface area contributed by atoms with E-state index in [1.807, 2.05) is 6.07 Å². The van der Waals surface area contributed by atoms with Crippen LogP contribution < -0.4 is 0 Å². The number of hydrogen-bond acceptors (Lipinski definition) is 3. The predicted octanol–water partition coefficient (Wildman–Crippen LogP) is 0.955. The van der Waals surface area contributed by atoms with Crippen molar-refractivity contribution >= 4 is 5.78 Å². The van der Waals surface area contributed by atoms with Crippen molar-refractivity contribution in [2.75, 3.05) is 19.6 Å². The quantitative estimate of drug-likeness (QED) is 0.624. The number of ketones is 1. The summed E-state index contributed by atoms with van der Waals surface area (Å²) < 4.78 is 0. The van der Waals surface area contributed by atoms with E-state index in [1.165, 1.54) is 12.8 Å². The molecule has 1 fully saturated rings. The van der Waals surface area contributed by atoms with Gasteiger partial charge in [-0.1, -0.05) is 0 Å². The summed E-state index contributed by atoms with van der Waals surface area (Å²) in [4.78, 5) is 13.2. The van der Waals surface area contributed by atoms with E-state index >= 15 is 0 Å². The molecule has 0 spiro atoms. The maximum Gasteiger partial charge on any atom is 0.148 e. The second-order valence-electron chi connectivity index (χ2n) is 3.17. The number of nitrogens with zero attached hydrogens (tertiary/aromatic N) is 2. The average molecular weight is 166 g/mol. The fraction of sp³-hybridized carbons (Fsp3) is 0.778. The molecule has 0 aromatic carbocycles. The van der Waals surface area contributed by atoms with Gasteiger partial charge in [-0.15, -0.1) is 0 Å². The minimum absolute atomic E-state index is 0.0735. The summed E-state index contributed by atoms with van der Waals surface area (Å²) in [6.07, 6.45) is 3.14. The zero-order chi connectivity index (χ0) is 8.81. The molecule has 0 saturated carbocycles. The van der Waals surface area contributed by atoms with Gasteiger partial charge in [0.15, 0.2) is 0 Å². The molecule has 3 heteroatoms. The Labute approximate surface area is 73.0 Å². The number of hydrogen-bond donors (Lipinski definition) is 0. The van der Waals surface area contributed by atoms with Gasteiger partial charge in [0.2, 0.25) is 0 Å². The first-order valence-corrected chi connectivity index (χ1v) is 4.44. The Hall–Kier alpha value is -0.880. The molecule has 12 heavy (non-hydrogen) atoms. The van der Waals surface area contributed by atoms with Gasteiger partial charge in [0.05, 0.1) is 12.5 Å². The van der Waals surface area contributed by atoms with Crippen molar-refractivity contribution in [3.63, 3.8) is 0 Å². The first-order valence-electron chi connectivity index (χ1n) is 4.44. The van der Waals surface area contributed by atoms with Crippen LogP contribution in [0.25, 0.3) is 0 Å². The largest absolute Gasteiger partial charge is 0.303 e. The van der Waals surface area contributed by atoms with E-state index in [1.54, 1.807) is 0 Å². The van der Waals surface area contributed by atoms with Gasteiger partial charge in [0.1, 0.15) is 5.78 Å². The Kier molecular flexibility index (Phi) is 3.75. The fourth-order valence-corrected chi connectivity index (χ4v) is 1.47. The van der Waals surface area contributed by atoms with E-state index in [4.69, 9.17) is 5.26 Å². The zero-order valence-electron chi connectivity index (χ0n) is 7.25. The Morgan fingerprint density at radius 1 is 1.42 bits per heavy atom. The van der Waals surface area contributed by atoms with Gasteiger partial charge in [0.25, 0.3) is 0 Å². The standard InChI is InChI=1S/C9H14N2O/c10-5-3-9(12)4-8-11-6-1-2-7-11/h1-4,6-8H2. The van der Waals surface area contributed by atoms with Crippen molar-refractivity contribution in [2.45, 2.75) is 25.7 Å². The summed E-state index contributed by atoms with van der Waals surface area (Å²) in [6.45, 7) is 3.10. The third kappa shape index (κ3) is 3.02. The van der Waals surface area contributed by atoms with Gasteiger partial charge in [-0.2, -0.15) is 5.26 Å². The lowest BCUT2D eigenvalue weighted by molar-refractivity contribution is -0.118. The highest BCUT2D eigenvalue weighted by Gasteiger charge is 2.12. The summed E-state index contributed by atoms with van der Waals surface area (Å²) in [7, 11) is 0. The molecule has 0 amide bonds. The van der Waals surface area contributed by atoms with E-state index in [2.05, 4.69) is 4.90 Å². The Bertz CT molecular complexity index is 189. The van der Waals surface area contributed by atoms with Gasteiger partial charge in [-0.25, -0.2) is 0 Å². The van der Waals surface area contributed by atoms with Crippen molar-refractivity contribution < 1.29 is 4.79 Å². The normalized spacial score (nSPS) is 17.6. The molecule has 66 valence electrons. The van der Waals surface area contributed by atoms with Crippen LogP contribution in [0.1, 0.15) is 25.7 Å². The smallest absolute Gasteiger partial charge is 0.148 e. The molecule has 0 aromatic rings. The maximum absolute atomic E-state index is 11.0. The van der Waals surface area contributed by atoms with Crippen LogP contribution in [-0.4, -0.2) is 30.3 Å². The van der Waals surface area contributed by atoms with Crippen LogP contribution in [-0.2, 0) is 4.79 Å². The Morgan fingerprint density at radius 2 is 2.08 bits per heavy atom. The highest BCUT2D eigenvalue weighted by Crippen LogP contribution is 2.07. The van der Waals surface area contributed by atoms with Crippen molar-refractivity contribution in [1.29, 1.82) is 5.26 Å². The molecule has 0 aromatic heterocycles. The molecule has 0 bridgehead atoms. The molecule has 1 saturated heterocycles. The second kappa shape index (κ2) is 4.89. The van der Waals surface area contributed by atoms with Crippen molar-refractivity contribution in [1.82, 2.24) is 4.90 Å². The van der Waals surface area contributed by atoms with Gasteiger partial charge in [-0.3, -0.25) is 4.79 Å². The van der Waals surface area contributed by atoms with E-state index in [0.717, 1.165) is 19.6 Å². The molecular weight excluding hydrogens is 152 g/mol. The average Bonchev–Trinajstić information content (AvgIpc) is 2.53. The van der Waals surface area contributed by atoms with Gasteiger partial charge in [0, 0.05) is 13.0 Å². The number of carbonyl (C=O) groups is 1. The van der Waals surface area contributed by atoms with Gasteiger partial charge >= 0.3 is 0 Å². The molecular formula is C9H14N2O. The van der Waals surface area contributed by atoms with Crippen molar-refractivity contribution in [3.8, 4) is 6.07 Å². The molecule has 0 N–H and O–H groups in total. The van der Waals surface area contributed by atoms with Crippen LogP contribution in [0.4, 0.5) is 0 Å². The van der Waals surface area contributed by atoms with Gasteiger partial charge < -0.3 is 4.90 Å². The minimum atomic E-state index is 0.0735. The molecule has 0 unspecified atom stereocenters. The summed E-state index contributed by atoms with van der Waals surface area (Å²) in [5.41, 5.74) is 0. The molecule has 1 aliphatic rings. The number of Topliss-reactive ketones (excluding diaryl/α,β-unsaturated/α-hetero) is 1. The molecule has 0 aliphatic carbocycles. The van der Waals surface area contributed by atoms with Crippen LogP contribution in [0.2, 0.25) is 0 Å². The number of nitriles is 1. The summed E-state index contributed by atoms with van der Waals surface area (Å²) in [5, 5.41) is 8.24. The monoisotopic (exact) mass is 166 g/mol. The van der Waals surface area contributed by atoms with Crippen molar-refractivity contribution in [2.24, 2.45) is 0 Å². The van der Waals surface area contributed by atoms with Crippen LogP contribution in [0.3, 0.4) is 0 Å². The summed E-state index contributed by atoms with van der Waals surface area (Å²) in [6, 6.07) is 1.87. The highest BCUT2D eigenvalue weighted by atomic mass is 16.1.